The van der Waals surface area contributed by atoms with Gasteiger partial charge in [-0.1, -0.05) is 6.92 Å². The summed E-state index contributed by atoms with van der Waals surface area (Å²) in [6.07, 6.45) is 2.32. The number of anilines is 2. The van der Waals surface area contributed by atoms with Crippen LogP contribution < -0.4 is 19.7 Å². The molecule has 1 amide bonds. The highest BCUT2D eigenvalue weighted by molar-refractivity contribution is 6.03. The standard InChI is InChI=1S/C18H20N4O3/c1-12-6-8-22(9-7-12)17-5-3-14(20-21-17)18(23)19-13-2-4-15-16(10-13)25-11-24-15/h2-5,10,12H,6-9,11H2,1H3,(H,19,23). The van der Waals surface area contributed by atoms with Gasteiger partial charge < -0.3 is 19.7 Å². The van der Waals surface area contributed by atoms with Gasteiger partial charge in [-0.15, -0.1) is 10.2 Å². The molecule has 0 radical (unpaired) electrons. The SMILES string of the molecule is CC1CCN(c2ccc(C(=O)Nc3ccc4c(c3)OCO4)nn2)CC1. The number of amides is 1. The fraction of sp³-hybridized carbons (Fsp3) is 0.389. The smallest absolute Gasteiger partial charge is 0.276 e. The van der Waals surface area contributed by atoms with E-state index >= 15 is 0 Å². The summed E-state index contributed by atoms with van der Waals surface area (Å²) in [4.78, 5) is 14.6. The Hall–Kier alpha value is -2.83. The van der Waals surface area contributed by atoms with Crippen molar-refractivity contribution in [3.63, 3.8) is 0 Å². The summed E-state index contributed by atoms with van der Waals surface area (Å²) in [5.41, 5.74) is 0.914. The number of hydrogen-bond acceptors (Lipinski definition) is 6. The predicted molar refractivity (Wildman–Crippen MR) is 93.2 cm³/mol. The first-order chi connectivity index (χ1) is 12.2. The number of carbonyl (C=O) groups is 1. The van der Waals surface area contributed by atoms with Crippen LogP contribution in [-0.2, 0) is 0 Å². The van der Waals surface area contributed by atoms with Gasteiger partial charge in [0.25, 0.3) is 5.91 Å². The van der Waals surface area contributed by atoms with E-state index in [0.29, 0.717) is 17.2 Å². The number of nitrogens with one attached hydrogen (secondary N) is 1. The Bertz CT molecular complexity index is 770. The van der Waals surface area contributed by atoms with Crippen molar-refractivity contribution in [2.75, 3.05) is 30.1 Å². The molecule has 1 saturated heterocycles. The minimum Gasteiger partial charge on any atom is -0.454 e. The van der Waals surface area contributed by atoms with E-state index in [9.17, 15) is 4.79 Å². The van der Waals surface area contributed by atoms with Crippen LogP contribution in [0.4, 0.5) is 11.5 Å². The molecule has 1 N–H and O–H groups in total. The number of ether oxygens (including phenoxy) is 2. The maximum absolute atomic E-state index is 12.3. The first kappa shape index (κ1) is 15.7. The Balaban J connectivity index is 1.42. The topological polar surface area (TPSA) is 76.6 Å². The van der Waals surface area contributed by atoms with E-state index in [1.54, 1.807) is 24.3 Å². The van der Waals surface area contributed by atoms with Gasteiger partial charge in [0.1, 0.15) is 0 Å². The predicted octanol–water partition coefficient (Wildman–Crippen LogP) is 2.69. The Labute approximate surface area is 146 Å². The van der Waals surface area contributed by atoms with Crippen LogP contribution in [0.3, 0.4) is 0 Å². The average Bonchev–Trinajstić information content (AvgIpc) is 3.10. The fourth-order valence-corrected chi connectivity index (χ4v) is 3.02. The molecule has 1 aromatic heterocycles. The molecule has 2 aromatic rings. The first-order valence-electron chi connectivity index (χ1n) is 8.49. The molecule has 0 saturated carbocycles. The number of carbonyl (C=O) groups excluding carboxylic acids is 1. The van der Waals surface area contributed by atoms with Crippen LogP contribution in [0, 0.1) is 5.92 Å². The number of fused-ring (bicyclic) bond motifs is 1. The minimum atomic E-state index is -0.301. The highest BCUT2D eigenvalue weighted by atomic mass is 16.7. The third-order valence-corrected chi connectivity index (χ3v) is 4.62. The zero-order chi connectivity index (χ0) is 17.2. The lowest BCUT2D eigenvalue weighted by Gasteiger charge is -2.30. The van der Waals surface area contributed by atoms with E-state index in [0.717, 1.165) is 37.7 Å². The van der Waals surface area contributed by atoms with Crippen molar-refractivity contribution in [3.05, 3.63) is 36.0 Å². The fourth-order valence-electron chi connectivity index (χ4n) is 3.02. The molecule has 7 heteroatoms. The van der Waals surface area contributed by atoms with Crippen LogP contribution in [0.5, 0.6) is 11.5 Å². The van der Waals surface area contributed by atoms with Crippen LogP contribution in [0.15, 0.2) is 30.3 Å². The van der Waals surface area contributed by atoms with Crippen molar-refractivity contribution < 1.29 is 14.3 Å². The molecule has 2 aliphatic rings. The van der Waals surface area contributed by atoms with Crippen LogP contribution >= 0.6 is 0 Å². The van der Waals surface area contributed by atoms with Crippen LogP contribution in [0.25, 0.3) is 0 Å². The van der Waals surface area contributed by atoms with E-state index in [1.807, 2.05) is 6.07 Å². The zero-order valence-corrected chi connectivity index (χ0v) is 14.1. The van der Waals surface area contributed by atoms with Crippen molar-refractivity contribution in [2.24, 2.45) is 5.92 Å². The second kappa shape index (κ2) is 6.58. The third-order valence-electron chi connectivity index (χ3n) is 4.62. The maximum Gasteiger partial charge on any atom is 0.276 e. The molecule has 0 atom stereocenters. The maximum atomic E-state index is 12.3. The van der Waals surface area contributed by atoms with Crippen molar-refractivity contribution in [1.82, 2.24) is 10.2 Å². The van der Waals surface area contributed by atoms with Gasteiger partial charge in [0, 0.05) is 24.8 Å². The van der Waals surface area contributed by atoms with Gasteiger partial charge in [-0.2, -0.15) is 0 Å². The molecule has 0 aliphatic carbocycles. The van der Waals surface area contributed by atoms with E-state index in [4.69, 9.17) is 9.47 Å². The highest BCUT2D eigenvalue weighted by Crippen LogP contribution is 2.34. The zero-order valence-electron chi connectivity index (χ0n) is 14.1. The Kier molecular flexibility index (Phi) is 4.13. The lowest BCUT2D eigenvalue weighted by Crippen LogP contribution is -2.33. The number of piperidine rings is 1. The van der Waals surface area contributed by atoms with Gasteiger partial charge >= 0.3 is 0 Å². The normalized spacial score (nSPS) is 16.8. The Morgan fingerprint density at radius 3 is 2.68 bits per heavy atom. The summed E-state index contributed by atoms with van der Waals surface area (Å²) in [5, 5.41) is 11.1. The van der Waals surface area contributed by atoms with Crippen LogP contribution in [0.1, 0.15) is 30.3 Å². The van der Waals surface area contributed by atoms with Crippen molar-refractivity contribution >= 4 is 17.4 Å². The minimum absolute atomic E-state index is 0.203. The van der Waals surface area contributed by atoms with E-state index < -0.39 is 0 Å². The van der Waals surface area contributed by atoms with Gasteiger partial charge in [0.15, 0.2) is 23.0 Å². The molecule has 4 rings (SSSR count). The summed E-state index contributed by atoms with van der Waals surface area (Å²) in [6, 6.07) is 8.84. The largest absolute Gasteiger partial charge is 0.454 e. The molecule has 0 unspecified atom stereocenters. The second-order valence-corrected chi connectivity index (χ2v) is 6.47. The molecule has 130 valence electrons. The molecule has 25 heavy (non-hydrogen) atoms. The monoisotopic (exact) mass is 340 g/mol. The molecule has 1 aromatic carbocycles. The quantitative estimate of drug-likeness (QED) is 0.926. The number of hydrogen-bond donors (Lipinski definition) is 1. The summed E-state index contributed by atoms with van der Waals surface area (Å²) in [7, 11) is 0. The van der Waals surface area contributed by atoms with Crippen molar-refractivity contribution in [3.8, 4) is 11.5 Å². The first-order valence-corrected chi connectivity index (χ1v) is 8.49. The van der Waals surface area contributed by atoms with Crippen LogP contribution in [-0.4, -0.2) is 36.0 Å². The van der Waals surface area contributed by atoms with E-state index in [-0.39, 0.29) is 18.4 Å². The number of benzene rings is 1. The lowest BCUT2D eigenvalue weighted by molar-refractivity contribution is 0.102. The molecule has 3 heterocycles. The van der Waals surface area contributed by atoms with Gasteiger partial charge in [0.05, 0.1) is 0 Å². The molecule has 7 nitrogen and oxygen atoms in total. The molecule has 0 bridgehead atoms. The van der Waals surface area contributed by atoms with Crippen LogP contribution in [0.2, 0.25) is 0 Å². The van der Waals surface area contributed by atoms with Crippen molar-refractivity contribution in [2.45, 2.75) is 19.8 Å². The second-order valence-electron chi connectivity index (χ2n) is 6.47. The number of aromatic nitrogens is 2. The van der Waals surface area contributed by atoms with Gasteiger partial charge in [-0.25, -0.2) is 0 Å². The van der Waals surface area contributed by atoms with Gasteiger partial charge in [-0.05, 0) is 43.0 Å². The van der Waals surface area contributed by atoms with E-state index in [1.165, 1.54) is 0 Å². The molecular formula is C18H20N4O3. The third kappa shape index (κ3) is 3.35. The summed E-state index contributed by atoms with van der Waals surface area (Å²) < 4.78 is 10.6. The molecular weight excluding hydrogens is 320 g/mol. The molecule has 2 aliphatic heterocycles. The number of rotatable bonds is 3. The average molecular weight is 340 g/mol. The van der Waals surface area contributed by atoms with Gasteiger partial charge in [-0.3, -0.25) is 4.79 Å². The summed E-state index contributed by atoms with van der Waals surface area (Å²) in [5.74, 6) is 2.59. The van der Waals surface area contributed by atoms with Gasteiger partial charge in [0.2, 0.25) is 6.79 Å². The summed E-state index contributed by atoms with van der Waals surface area (Å²) in [6.45, 7) is 4.44. The highest BCUT2D eigenvalue weighted by Gasteiger charge is 2.18. The summed E-state index contributed by atoms with van der Waals surface area (Å²) >= 11 is 0. The molecule has 0 spiro atoms. The van der Waals surface area contributed by atoms with Crippen molar-refractivity contribution in [1.29, 1.82) is 0 Å². The Morgan fingerprint density at radius 2 is 1.92 bits per heavy atom. The Morgan fingerprint density at radius 1 is 1.12 bits per heavy atom. The number of nitrogens with zero attached hydrogens (tertiary/aromatic N) is 3. The van der Waals surface area contributed by atoms with E-state index in [2.05, 4.69) is 27.3 Å². The molecule has 1 fully saturated rings. The lowest BCUT2D eigenvalue weighted by atomic mass is 9.99.